The largest absolute Gasteiger partial charge is 0.372 e. The number of nitrogens with one attached hydrogen (secondary N) is 1. The molecule has 0 aromatic heterocycles. The normalized spacial score (nSPS) is 17.8. The molecule has 1 amide bonds. The molecule has 0 unspecified atom stereocenters. The van der Waals surface area contributed by atoms with E-state index >= 15 is 0 Å². The molecule has 88 valence electrons. The van der Waals surface area contributed by atoms with Gasteiger partial charge >= 0.3 is 0 Å². The zero-order valence-corrected chi connectivity index (χ0v) is 9.99. The van der Waals surface area contributed by atoms with Crippen LogP contribution in [0.4, 0.5) is 0 Å². The van der Waals surface area contributed by atoms with Crippen LogP contribution in [0.25, 0.3) is 0 Å². The molecule has 4 heteroatoms. The molecule has 16 heavy (non-hydrogen) atoms. The van der Waals surface area contributed by atoms with Gasteiger partial charge < -0.3 is 10.1 Å². The van der Waals surface area contributed by atoms with Gasteiger partial charge in [-0.15, -0.1) is 0 Å². The molecule has 0 radical (unpaired) electrons. The lowest BCUT2D eigenvalue weighted by atomic mass is 9.95. The van der Waals surface area contributed by atoms with Crippen molar-refractivity contribution in [1.29, 1.82) is 0 Å². The number of carbonyl (C=O) groups is 1. The Morgan fingerprint density at radius 3 is 3.00 bits per heavy atom. The summed E-state index contributed by atoms with van der Waals surface area (Å²) in [5, 5.41) is 2.73. The number of ether oxygens (including phenoxy) is 1. The van der Waals surface area contributed by atoms with E-state index in [0.717, 1.165) is 0 Å². The highest BCUT2D eigenvalue weighted by Gasteiger charge is 2.12. The molecule has 1 N–H and O–H groups in total. The Kier molecular flexibility index (Phi) is 4.43. The summed E-state index contributed by atoms with van der Waals surface area (Å²) >= 11 is 0. The van der Waals surface area contributed by atoms with Crippen molar-refractivity contribution < 1.29 is 9.53 Å². The van der Waals surface area contributed by atoms with Gasteiger partial charge in [0.1, 0.15) is 6.61 Å². The van der Waals surface area contributed by atoms with Crippen molar-refractivity contribution in [2.45, 2.75) is 20.8 Å². The fourth-order valence-electron chi connectivity index (χ4n) is 1.17. The predicted molar refractivity (Wildman–Crippen MR) is 64.1 cm³/mol. The quantitative estimate of drug-likeness (QED) is 0.786. The second kappa shape index (κ2) is 5.61. The topological polar surface area (TPSA) is 50.7 Å². The lowest BCUT2D eigenvalue weighted by Crippen LogP contribution is -2.26. The molecule has 1 aliphatic rings. The van der Waals surface area contributed by atoms with E-state index in [1.165, 1.54) is 0 Å². The average molecular weight is 222 g/mol. The van der Waals surface area contributed by atoms with Gasteiger partial charge in [-0.25, -0.2) is 0 Å². The van der Waals surface area contributed by atoms with Crippen molar-refractivity contribution in [3.63, 3.8) is 0 Å². The highest BCUT2D eigenvalue weighted by Crippen LogP contribution is 2.17. The second-order valence-corrected chi connectivity index (χ2v) is 4.20. The molecule has 0 aromatic rings. The minimum absolute atomic E-state index is 0.0782. The van der Waals surface area contributed by atoms with Crippen LogP contribution in [0.1, 0.15) is 20.8 Å². The number of aliphatic imine (C=N–C) groups is 1. The smallest absolute Gasteiger partial charge is 0.250 e. The van der Waals surface area contributed by atoms with Crippen molar-refractivity contribution in [3.05, 3.63) is 24.0 Å². The van der Waals surface area contributed by atoms with E-state index in [1.54, 1.807) is 6.20 Å². The molecule has 0 aromatic carbocycles. The van der Waals surface area contributed by atoms with Crippen LogP contribution in [0.15, 0.2) is 29.0 Å². The number of hydrogen-bond acceptors (Lipinski definition) is 3. The van der Waals surface area contributed by atoms with Crippen LogP contribution >= 0.6 is 0 Å². The monoisotopic (exact) mass is 222 g/mol. The zero-order chi connectivity index (χ0) is 12.0. The molecule has 0 aliphatic carbocycles. The third-order valence-corrected chi connectivity index (χ3v) is 2.03. The van der Waals surface area contributed by atoms with Gasteiger partial charge in [-0.2, -0.15) is 0 Å². The Bertz CT molecular complexity index is 341. The molecule has 4 nitrogen and oxygen atoms in total. The van der Waals surface area contributed by atoms with E-state index in [0.29, 0.717) is 12.3 Å². The third kappa shape index (κ3) is 4.40. The molecule has 1 aliphatic heterocycles. The number of hydrogen-bond donors (Lipinski definition) is 1. The van der Waals surface area contributed by atoms with Crippen LogP contribution in [0.3, 0.4) is 0 Å². The molecule has 0 bridgehead atoms. The van der Waals surface area contributed by atoms with E-state index in [9.17, 15) is 4.79 Å². The molecule has 1 heterocycles. The lowest BCUT2D eigenvalue weighted by Gasteiger charge is -2.11. The number of rotatable bonds is 4. The predicted octanol–water partition coefficient (Wildman–Crippen LogP) is 1.65. The lowest BCUT2D eigenvalue weighted by molar-refractivity contribution is -0.124. The first-order chi connectivity index (χ1) is 7.53. The zero-order valence-electron chi connectivity index (χ0n) is 9.99. The number of carbonyl (C=O) groups excluding carboxylic acids is 1. The molecule has 0 spiro atoms. The first-order valence-corrected chi connectivity index (χ1v) is 5.35. The highest BCUT2D eigenvalue weighted by molar-refractivity contribution is 5.80. The number of amides is 1. The Morgan fingerprint density at radius 2 is 2.31 bits per heavy atom. The minimum Gasteiger partial charge on any atom is -0.372 e. The minimum atomic E-state index is -0.160. The number of nitrogens with zero attached hydrogens (tertiary/aromatic N) is 1. The first-order valence-electron chi connectivity index (χ1n) is 5.35. The summed E-state index contributed by atoms with van der Waals surface area (Å²) in [5.41, 5.74) is 0.606. The van der Waals surface area contributed by atoms with Crippen molar-refractivity contribution in [2.75, 3.05) is 13.2 Å². The molecular weight excluding hydrogens is 204 g/mol. The van der Waals surface area contributed by atoms with E-state index in [4.69, 9.17) is 4.74 Å². The molecule has 0 saturated carbocycles. The second-order valence-electron chi connectivity index (χ2n) is 4.20. The average Bonchev–Trinajstić information content (AvgIpc) is 2.37. The summed E-state index contributed by atoms with van der Waals surface area (Å²) in [6, 6.07) is 0. The van der Waals surface area contributed by atoms with Gasteiger partial charge in [0, 0.05) is 24.4 Å². The summed E-state index contributed by atoms with van der Waals surface area (Å²) < 4.78 is 5.01. The maximum atomic E-state index is 11.4. The molecular formula is C12H18N2O2. The fraction of sp³-hybridized carbons (Fsp3) is 0.500. The Hall–Kier alpha value is -1.42. The van der Waals surface area contributed by atoms with Gasteiger partial charge in [0.2, 0.25) is 5.91 Å². The van der Waals surface area contributed by atoms with E-state index < -0.39 is 0 Å². The maximum absolute atomic E-state index is 11.4. The number of allylic oxidation sites excluding steroid dienone is 2. The fourth-order valence-corrected chi connectivity index (χ4v) is 1.17. The van der Waals surface area contributed by atoms with Crippen LogP contribution in [-0.4, -0.2) is 25.3 Å². The molecule has 1 rings (SSSR count). The SMILES string of the molecule is CCOCC(=O)NC1=CN=CC(C)(C)C=C1. The van der Waals surface area contributed by atoms with Crippen LogP contribution in [0.2, 0.25) is 0 Å². The van der Waals surface area contributed by atoms with Crippen molar-refractivity contribution in [3.8, 4) is 0 Å². The summed E-state index contributed by atoms with van der Waals surface area (Å²) in [4.78, 5) is 15.5. The van der Waals surface area contributed by atoms with Gasteiger partial charge in [0.05, 0.1) is 5.70 Å². The maximum Gasteiger partial charge on any atom is 0.250 e. The summed E-state index contributed by atoms with van der Waals surface area (Å²) in [7, 11) is 0. The van der Waals surface area contributed by atoms with Crippen LogP contribution in [0.5, 0.6) is 0 Å². The third-order valence-electron chi connectivity index (χ3n) is 2.03. The van der Waals surface area contributed by atoms with Crippen LogP contribution in [0, 0.1) is 5.41 Å². The first kappa shape index (κ1) is 12.6. The summed E-state index contributed by atoms with van der Waals surface area (Å²) in [5.74, 6) is -0.160. The van der Waals surface area contributed by atoms with E-state index in [1.807, 2.05) is 39.1 Å². The standard InChI is InChI=1S/C12H18N2O2/c1-4-16-8-11(15)14-10-5-6-12(2,3)9-13-7-10/h5-7,9H,4,8H2,1-3H3,(H,14,15). The molecule has 0 atom stereocenters. The molecule has 0 saturated heterocycles. The summed E-state index contributed by atoms with van der Waals surface area (Å²) in [6.45, 7) is 6.56. The van der Waals surface area contributed by atoms with Crippen LogP contribution < -0.4 is 5.32 Å². The van der Waals surface area contributed by atoms with E-state index in [-0.39, 0.29) is 17.9 Å². The Morgan fingerprint density at radius 1 is 1.56 bits per heavy atom. The van der Waals surface area contributed by atoms with E-state index in [2.05, 4.69) is 10.3 Å². The highest BCUT2D eigenvalue weighted by atomic mass is 16.5. The van der Waals surface area contributed by atoms with Crippen molar-refractivity contribution in [2.24, 2.45) is 10.4 Å². The Labute approximate surface area is 96.1 Å². The Balaban J connectivity index is 2.53. The van der Waals surface area contributed by atoms with Gasteiger partial charge in [-0.1, -0.05) is 19.9 Å². The van der Waals surface area contributed by atoms with Gasteiger partial charge in [0.15, 0.2) is 0 Å². The van der Waals surface area contributed by atoms with Crippen LogP contribution in [-0.2, 0) is 9.53 Å². The van der Waals surface area contributed by atoms with Crippen molar-refractivity contribution in [1.82, 2.24) is 5.32 Å². The molecule has 0 fully saturated rings. The summed E-state index contributed by atoms with van der Waals surface area (Å²) in [6.07, 6.45) is 7.33. The van der Waals surface area contributed by atoms with Gasteiger partial charge in [-0.05, 0) is 13.0 Å². The van der Waals surface area contributed by atoms with Crippen molar-refractivity contribution >= 4 is 12.1 Å². The van der Waals surface area contributed by atoms with Gasteiger partial charge in [-0.3, -0.25) is 9.79 Å². The van der Waals surface area contributed by atoms with Gasteiger partial charge in [0.25, 0.3) is 0 Å².